The van der Waals surface area contributed by atoms with Gasteiger partial charge in [0.15, 0.2) is 0 Å². The van der Waals surface area contributed by atoms with Crippen molar-refractivity contribution in [1.82, 2.24) is 5.32 Å². The highest BCUT2D eigenvalue weighted by Gasteiger charge is 2.22. The van der Waals surface area contributed by atoms with Crippen molar-refractivity contribution >= 4 is 33.2 Å². The fourth-order valence-corrected chi connectivity index (χ4v) is 3.41. The molecular weight excluding hydrogens is 344 g/mol. The van der Waals surface area contributed by atoms with Gasteiger partial charge >= 0.3 is 0 Å². The van der Waals surface area contributed by atoms with Gasteiger partial charge in [0.25, 0.3) is 5.91 Å². The molecule has 0 aliphatic heterocycles. The fourth-order valence-electron chi connectivity index (χ4n) is 2.83. The number of hydrogen-bond donors (Lipinski definition) is 4. The molecule has 1 aliphatic carbocycles. The van der Waals surface area contributed by atoms with Crippen molar-refractivity contribution in [2.45, 2.75) is 44.7 Å². The molecule has 1 aromatic rings. The number of amides is 2. The van der Waals surface area contributed by atoms with Crippen molar-refractivity contribution in [1.29, 1.82) is 0 Å². The monoisotopic (exact) mass is 368 g/mol. The van der Waals surface area contributed by atoms with Gasteiger partial charge < -0.3 is 16.4 Å². The highest BCUT2D eigenvalue weighted by atomic mass is 32.2. The smallest absolute Gasteiger partial charge is 0.253 e. The van der Waals surface area contributed by atoms with E-state index in [1.54, 1.807) is 0 Å². The molecule has 8 nitrogen and oxygen atoms in total. The number of nitrogens with one attached hydrogen (secondary N) is 3. The van der Waals surface area contributed by atoms with Gasteiger partial charge in [0.2, 0.25) is 15.9 Å². The number of carbonyl (C=O) groups is 2. The first-order valence-corrected chi connectivity index (χ1v) is 9.99. The molecule has 5 N–H and O–H groups in total. The average Bonchev–Trinajstić information content (AvgIpc) is 2.49. The van der Waals surface area contributed by atoms with Crippen molar-refractivity contribution in [2.24, 2.45) is 5.73 Å². The van der Waals surface area contributed by atoms with E-state index in [1.807, 2.05) is 0 Å². The lowest BCUT2D eigenvalue weighted by molar-refractivity contribution is -0.114. The first-order chi connectivity index (χ1) is 11.6. The van der Waals surface area contributed by atoms with E-state index in [0.717, 1.165) is 31.9 Å². The van der Waals surface area contributed by atoms with Gasteiger partial charge in [-0.15, -0.1) is 0 Å². The highest BCUT2D eigenvalue weighted by Crippen LogP contribution is 2.23. The summed E-state index contributed by atoms with van der Waals surface area (Å²) in [7, 11) is -3.54. The Kier molecular flexibility index (Phi) is 6.02. The fraction of sp³-hybridized carbons (Fsp3) is 0.500. The normalized spacial score (nSPS) is 20.6. The maximum Gasteiger partial charge on any atom is 0.253 e. The van der Waals surface area contributed by atoms with Crippen molar-refractivity contribution in [2.75, 3.05) is 16.3 Å². The lowest BCUT2D eigenvalue weighted by Gasteiger charge is -2.27. The predicted octanol–water partition coefficient (Wildman–Crippen LogP) is 1.02. The average molecular weight is 368 g/mol. The van der Waals surface area contributed by atoms with Crippen molar-refractivity contribution in [3.05, 3.63) is 23.8 Å². The van der Waals surface area contributed by atoms with E-state index in [4.69, 9.17) is 5.73 Å². The van der Waals surface area contributed by atoms with Crippen LogP contribution in [0.2, 0.25) is 0 Å². The second-order valence-corrected chi connectivity index (χ2v) is 8.15. The van der Waals surface area contributed by atoms with Crippen LogP contribution in [0.5, 0.6) is 0 Å². The second-order valence-electron chi connectivity index (χ2n) is 6.40. The number of sulfonamides is 1. The Hall–Kier alpha value is -2.13. The Morgan fingerprint density at radius 2 is 1.80 bits per heavy atom. The van der Waals surface area contributed by atoms with E-state index in [0.29, 0.717) is 5.69 Å². The van der Waals surface area contributed by atoms with Crippen LogP contribution in [-0.4, -0.2) is 38.6 Å². The van der Waals surface area contributed by atoms with Crippen molar-refractivity contribution < 1.29 is 18.0 Å². The van der Waals surface area contributed by atoms with Gasteiger partial charge in [-0.05, 0) is 43.9 Å². The topological polar surface area (TPSA) is 130 Å². The zero-order chi connectivity index (χ0) is 18.6. The molecule has 0 bridgehead atoms. The summed E-state index contributed by atoms with van der Waals surface area (Å²) >= 11 is 0. The van der Waals surface area contributed by atoms with Crippen LogP contribution in [0.25, 0.3) is 0 Å². The third-order valence-corrected chi connectivity index (χ3v) is 4.58. The standard InChI is InChI=1S/C16H24N4O4S/c1-10(21)18-13-7-8-15(20-25(2,23)24)14(9-13)16(22)19-12-5-3-11(17)4-6-12/h7-9,11-12,20H,3-6,17H2,1-2H3,(H,18,21)(H,19,22). The second kappa shape index (κ2) is 7.83. The molecule has 2 amide bonds. The first-order valence-electron chi connectivity index (χ1n) is 8.10. The summed E-state index contributed by atoms with van der Waals surface area (Å²) in [5.41, 5.74) is 6.61. The number of hydrogen-bond acceptors (Lipinski definition) is 5. The van der Waals surface area contributed by atoms with E-state index in [9.17, 15) is 18.0 Å². The van der Waals surface area contributed by atoms with Crippen LogP contribution in [0.3, 0.4) is 0 Å². The lowest BCUT2D eigenvalue weighted by Crippen LogP contribution is -2.40. The molecule has 25 heavy (non-hydrogen) atoms. The van der Waals surface area contributed by atoms with Gasteiger partial charge in [0.1, 0.15) is 0 Å². The largest absolute Gasteiger partial charge is 0.349 e. The Morgan fingerprint density at radius 3 is 2.36 bits per heavy atom. The number of nitrogens with two attached hydrogens (primary N) is 1. The van der Waals surface area contributed by atoms with E-state index >= 15 is 0 Å². The summed E-state index contributed by atoms with van der Waals surface area (Å²) in [6.07, 6.45) is 4.26. The molecule has 0 radical (unpaired) electrons. The van der Waals surface area contributed by atoms with Crippen LogP contribution < -0.4 is 21.1 Å². The molecule has 1 fully saturated rings. The van der Waals surface area contributed by atoms with Crippen LogP contribution in [0.4, 0.5) is 11.4 Å². The molecule has 1 aliphatic rings. The molecule has 0 saturated heterocycles. The molecule has 9 heteroatoms. The Labute approximate surface area is 147 Å². The van der Waals surface area contributed by atoms with Gasteiger partial charge in [0.05, 0.1) is 17.5 Å². The molecule has 0 unspecified atom stereocenters. The first kappa shape index (κ1) is 19.2. The van der Waals surface area contributed by atoms with Crippen LogP contribution in [0.15, 0.2) is 18.2 Å². The number of carbonyl (C=O) groups excluding carboxylic acids is 2. The Bertz CT molecular complexity index is 755. The molecule has 0 spiro atoms. The predicted molar refractivity (Wildman–Crippen MR) is 96.9 cm³/mol. The quantitative estimate of drug-likeness (QED) is 0.616. The van der Waals surface area contributed by atoms with Gasteiger partial charge in [-0.3, -0.25) is 14.3 Å². The van der Waals surface area contributed by atoms with Crippen LogP contribution in [-0.2, 0) is 14.8 Å². The van der Waals surface area contributed by atoms with Gasteiger partial charge in [-0.25, -0.2) is 8.42 Å². The Morgan fingerprint density at radius 1 is 1.16 bits per heavy atom. The van der Waals surface area contributed by atoms with E-state index < -0.39 is 10.0 Å². The number of anilines is 2. The molecule has 0 heterocycles. The lowest BCUT2D eigenvalue weighted by atomic mass is 9.91. The molecule has 1 saturated carbocycles. The minimum Gasteiger partial charge on any atom is -0.349 e. The van der Waals surface area contributed by atoms with Gasteiger partial charge in [-0.1, -0.05) is 0 Å². The maximum absolute atomic E-state index is 12.6. The zero-order valence-electron chi connectivity index (χ0n) is 14.3. The van der Waals surface area contributed by atoms with Gasteiger partial charge in [-0.2, -0.15) is 0 Å². The molecule has 1 aromatic carbocycles. The number of benzene rings is 1. The molecule has 0 atom stereocenters. The molecule has 2 rings (SSSR count). The molecular formula is C16H24N4O4S. The third-order valence-electron chi connectivity index (χ3n) is 3.99. The van der Waals surface area contributed by atoms with Crippen LogP contribution in [0, 0.1) is 0 Å². The Balaban J connectivity index is 2.24. The zero-order valence-corrected chi connectivity index (χ0v) is 15.2. The van der Waals surface area contributed by atoms with Gasteiger partial charge in [0, 0.05) is 24.7 Å². The maximum atomic E-state index is 12.6. The minimum atomic E-state index is -3.54. The summed E-state index contributed by atoms with van der Waals surface area (Å²) in [6, 6.07) is 4.61. The molecule has 0 aromatic heterocycles. The van der Waals surface area contributed by atoms with E-state index in [1.165, 1.54) is 25.1 Å². The third kappa shape index (κ3) is 6.02. The summed E-state index contributed by atoms with van der Waals surface area (Å²) in [4.78, 5) is 23.9. The molecule has 138 valence electrons. The van der Waals surface area contributed by atoms with Crippen LogP contribution >= 0.6 is 0 Å². The minimum absolute atomic E-state index is 0.00260. The summed E-state index contributed by atoms with van der Waals surface area (Å²) in [6.45, 7) is 1.35. The van der Waals surface area contributed by atoms with Crippen molar-refractivity contribution in [3.63, 3.8) is 0 Å². The summed E-state index contributed by atoms with van der Waals surface area (Å²) < 4.78 is 25.4. The summed E-state index contributed by atoms with van der Waals surface area (Å²) in [5, 5.41) is 5.51. The van der Waals surface area contributed by atoms with E-state index in [-0.39, 0.29) is 35.1 Å². The van der Waals surface area contributed by atoms with Crippen LogP contribution in [0.1, 0.15) is 43.0 Å². The highest BCUT2D eigenvalue weighted by molar-refractivity contribution is 7.92. The van der Waals surface area contributed by atoms with E-state index in [2.05, 4.69) is 15.4 Å². The SMILES string of the molecule is CC(=O)Nc1ccc(NS(C)(=O)=O)c(C(=O)NC2CCC(N)CC2)c1. The number of rotatable bonds is 5. The summed E-state index contributed by atoms with van der Waals surface area (Å²) in [5.74, 6) is -0.671. The van der Waals surface area contributed by atoms with Crippen molar-refractivity contribution in [3.8, 4) is 0 Å².